The number of aromatic hydroxyl groups is 9. The summed E-state index contributed by atoms with van der Waals surface area (Å²) in [4.78, 5) is 101. The highest BCUT2D eigenvalue weighted by molar-refractivity contribution is 7.23. The number of rotatable bonds is 20. The van der Waals surface area contributed by atoms with E-state index in [0.29, 0.717) is 73.0 Å². The SMILES string of the molecule is Cc1cc(C)c(C(=O)c2sc3cc(O)ccc3c2-c2ccc(C3CC3C(=O)O)cc2)c(O)c1.Cc1cc(C)c(C(=O)c2sc3cc(O)ccc3c2-c2ccc(C3CC3C(=O)O)cc2)c(O)c1.Cc1cc(O)cc(O)c1C(=O)c1sc2cc(O)ccc2c1-c1ccc(C2CC2C(=O)O)cc1.Cc1cccc(O)c1C(=O)c1sc2cc(O)ccc2c1-c1ccc(C2CC2C(=O)O)cc1. The van der Waals surface area contributed by atoms with E-state index in [-0.39, 0.29) is 144 Å². The third kappa shape index (κ3) is 17.4. The fourth-order valence-electron chi connectivity index (χ4n) is 18.0. The quantitative estimate of drug-likeness (QED) is 0.0315. The molecule has 0 saturated heterocycles. The second kappa shape index (κ2) is 35.0. The molecule has 25 heteroatoms. The van der Waals surface area contributed by atoms with Crippen molar-refractivity contribution >= 4 is 133 Å². The van der Waals surface area contributed by atoms with E-state index in [4.69, 9.17) is 0 Å². The zero-order chi connectivity index (χ0) is 92.9. The normalized spacial score (nSPS) is 17.3. The van der Waals surface area contributed by atoms with Crippen LogP contribution in [0.1, 0.15) is 166 Å². The Kier molecular flexibility index (Phi) is 23.6. The number of hydrogen-bond acceptors (Lipinski definition) is 21. The fraction of sp³-hybridized carbons (Fsp3) is 0.170. The molecule has 0 spiro atoms. The summed E-state index contributed by atoms with van der Waals surface area (Å²) in [7, 11) is 0. The molecule has 12 aromatic carbocycles. The molecule has 8 unspecified atom stereocenters. The van der Waals surface area contributed by atoms with Crippen molar-refractivity contribution in [3.05, 3.63) is 322 Å². The first-order chi connectivity index (χ1) is 62.6. The monoisotopic (exact) mass is 1820 g/mol. The minimum atomic E-state index is -0.787. The van der Waals surface area contributed by atoms with Crippen molar-refractivity contribution in [2.24, 2.45) is 23.7 Å². The Morgan fingerprint density at radius 3 is 0.725 bits per heavy atom. The lowest BCUT2D eigenvalue weighted by Crippen LogP contribution is -2.04. The van der Waals surface area contributed by atoms with Gasteiger partial charge in [0.25, 0.3) is 0 Å². The Bertz CT molecular complexity index is 6820. The number of benzene rings is 12. The van der Waals surface area contributed by atoms with Crippen molar-refractivity contribution < 1.29 is 105 Å². The molecule has 0 bridgehead atoms. The summed E-state index contributed by atoms with van der Waals surface area (Å²) < 4.78 is 3.04. The summed E-state index contributed by atoms with van der Waals surface area (Å²) >= 11 is 5.08. The molecule has 4 fully saturated rings. The van der Waals surface area contributed by atoms with Crippen LogP contribution in [0, 0.1) is 65.2 Å². The predicted molar refractivity (Wildman–Crippen MR) is 506 cm³/mol. The largest absolute Gasteiger partial charge is 0.508 e. The summed E-state index contributed by atoms with van der Waals surface area (Å²) in [5.74, 6) is -5.66. The second-order valence-corrected chi connectivity index (χ2v) is 38.2. The number of carboxylic acid groups (broad SMARTS) is 4. The topological polar surface area (TPSA) is 400 Å². The number of thiophene rings is 4. The van der Waals surface area contributed by atoms with Crippen LogP contribution in [0.2, 0.25) is 0 Å². The summed E-state index contributed by atoms with van der Waals surface area (Å²) in [6, 6.07) is 65.0. The number of phenols is 9. The van der Waals surface area contributed by atoms with Crippen LogP contribution in [0.5, 0.6) is 51.7 Å². The maximum atomic E-state index is 13.7. The molecule has 20 rings (SSSR count). The lowest BCUT2D eigenvalue weighted by atomic mass is 9.94. The predicted octanol–water partition coefficient (Wildman–Crippen LogP) is 23.2. The molecule has 0 radical (unpaired) electrons. The van der Waals surface area contributed by atoms with Gasteiger partial charge in [-0.1, -0.05) is 121 Å². The minimum absolute atomic E-state index is 0.00501. The summed E-state index contributed by atoms with van der Waals surface area (Å²) in [6.45, 7) is 10.8. The molecule has 131 heavy (non-hydrogen) atoms. The third-order valence-electron chi connectivity index (χ3n) is 24.8. The van der Waals surface area contributed by atoms with Gasteiger partial charge in [-0.15, -0.1) is 45.3 Å². The number of fused-ring (bicyclic) bond motifs is 4. The van der Waals surface area contributed by atoms with Crippen LogP contribution in [-0.2, 0) is 19.2 Å². The average molecular weight is 1820 g/mol. The Labute approximate surface area is 764 Å². The fourth-order valence-corrected chi connectivity index (χ4v) is 22.8. The summed E-state index contributed by atoms with van der Waals surface area (Å²) in [5.41, 5.74) is 15.3. The molecule has 21 nitrogen and oxygen atoms in total. The van der Waals surface area contributed by atoms with Gasteiger partial charge in [-0.3, -0.25) is 38.4 Å². The number of ketones is 4. The number of carboxylic acids is 4. The standard InChI is InChI=1S/2C27H22O5S.C26H20O6S.C26H20O5S/c2*1-13-9-14(2)23(21(29)10-13)25(30)26-24(18-8-7-17(28)11-22(18)33-26)16-5-3-15(4-6-16)19-12-20(19)27(31)32;1-12-8-16(28)9-20(29)22(12)24(30)25-23(17-7-6-15(27)10-21(17)33-25)14-4-2-13(3-5-14)18-11-19(18)26(31)32;1-13-3-2-4-20(28)22(13)24(29)25-23(17-10-9-16(27)11-21(17)32-25)15-7-5-14(6-8-15)18-12-19(18)26(30)31/h2*3-11,19-20,28-29H,12H2,1-2H3,(H,31,32);2-10,18-19,27-29H,11H2,1H3,(H,31,32);2-11,18-19,27-28H,12H2,1H3,(H,30,31). The molecule has 0 amide bonds. The third-order valence-corrected chi connectivity index (χ3v) is 29.4. The van der Waals surface area contributed by atoms with E-state index in [1.807, 2.05) is 137 Å². The Morgan fingerprint density at radius 1 is 0.252 bits per heavy atom. The van der Waals surface area contributed by atoms with Crippen molar-refractivity contribution in [3.63, 3.8) is 0 Å². The van der Waals surface area contributed by atoms with Crippen molar-refractivity contribution in [2.75, 3.05) is 0 Å². The molecule has 4 aliphatic carbocycles. The van der Waals surface area contributed by atoms with Gasteiger partial charge >= 0.3 is 23.9 Å². The molecule has 4 aromatic heterocycles. The van der Waals surface area contributed by atoms with Crippen LogP contribution in [0.25, 0.3) is 84.9 Å². The number of carbonyl (C=O) groups is 8. The first kappa shape index (κ1) is 88.3. The van der Waals surface area contributed by atoms with E-state index in [9.17, 15) is 105 Å². The summed E-state index contributed by atoms with van der Waals surface area (Å²) in [5, 5.41) is 132. The lowest BCUT2D eigenvalue weighted by molar-refractivity contribution is -0.139. The molecule has 13 N–H and O–H groups in total. The lowest BCUT2D eigenvalue weighted by Gasteiger charge is -2.10. The highest BCUT2D eigenvalue weighted by Crippen LogP contribution is 2.55. The van der Waals surface area contributed by atoms with E-state index in [0.717, 1.165) is 119 Å². The molecule has 4 heterocycles. The highest BCUT2D eigenvalue weighted by Gasteiger charge is 2.47. The number of carbonyl (C=O) groups excluding carboxylic acids is 4. The second-order valence-electron chi connectivity index (χ2n) is 34.0. The first-order valence-electron chi connectivity index (χ1n) is 42.0. The van der Waals surface area contributed by atoms with Crippen LogP contribution in [-0.4, -0.2) is 113 Å². The van der Waals surface area contributed by atoms with Gasteiger partial charge in [-0.2, -0.15) is 0 Å². The van der Waals surface area contributed by atoms with Gasteiger partial charge in [0.05, 0.1) is 65.4 Å². The average Bonchev–Trinajstić information content (AvgIpc) is 1.61. The maximum Gasteiger partial charge on any atom is 0.307 e. The van der Waals surface area contributed by atoms with Gasteiger partial charge < -0.3 is 66.4 Å². The molecule has 4 aliphatic rings. The van der Waals surface area contributed by atoms with Crippen molar-refractivity contribution in [1.82, 2.24) is 0 Å². The number of aliphatic carboxylic acids is 4. The van der Waals surface area contributed by atoms with Crippen molar-refractivity contribution in [1.29, 1.82) is 0 Å². The van der Waals surface area contributed by atoms with Crippen LogP contribution >= 0.6 is 45.3 Å². The minimum Gasteiger partial charge on any atom is -0.508 e. The van der Waals surface area contributed by atoms with E-state index in [1.54, 1.807) is 111 Å². The highest BCUT2D eigenvalue weighted by atomic mass is 32.1. The molecular formula is C106H84O21S4. The molecule has 0 aliphatic heterocycles. The Balaban J connectivity index is 0.000000122. The Morgan fingerprint density at radius 2 is 0.496 bits per heavy atom. The zero-order valence-corrected chi connectivity index (χ0v) is 74.3. The first-order valence-corrected chi connectivity index (χ1v) is 45.3. The van der Waals surface area contributed by atoms with Gasteiger partial charge in [0.2, 0.25) is 23.1 Å². The molecule has 658 valence electrons. The van der Waals surface area contributed by atoms with Crippen LogP contribution in [0.15, 0.2) is 224 Å². The Hall–Kier alpha value is -14.8. The molecule has 8 atom stereocenters. The van der Waals surface area contributed by atoms with E-state index < -0.39 is 23.9 Å². The number of aryl methyl sites for hydroxylation is 6. The van der Waals surface area contributed by atoms with Crippen LogP contribution < -0.4 is 0 Å². The zero-order valence-electron chi connectivity index (χ0n) is 71.0. The number of hydrogen-bond donors (Lipinski definition) is 13. The van der Waals surface area contributed by atoms with E-state index >= 15 is 0 Å². The van der Waals surface area contributed by atoms with Crippen LogP contribution in [0.3, 0.4) is 0 Å². The van der Waals surface area contributed by atoms with Gasteiger partial charge in [0, 0.05) is 68.7 Å². The van der Waals surface area contributed by atoms with Gasteiger partial charge in [-0.25, -0.2) is 0 Å². The molecular weight excluding hydrogens is 1740 g/mol. The maximum absolute atomic E-state index is 13.7. The number of phenolic OH excluding ortho intramolecular Hbond substituents is 9. The smallest absolute Gasteiger partial charge is 0.307 e. The van der Waals surface area contributed by atoms with E-state index in [1.165, 1.54) is 57.5 Å². The van der Waals surface area contributed by atoms with Gasteiger partial charge in [0.1, 0.15) is 51.7 Å². The molecule has 16 aromatic rings. The van der Waals surface area contributed by atoms with Crippen LogP contribution in [0.4, 0.5) is 0 Å². The van der Waals surface area contributed by atoms with E-state index in [2.05, 4.69) is 0 Å². The van der Waals surface area contributed by atoms with Gasteiger partial charge in [0.15, 0.2) is 0 Å². The van der Waals surface area contributed by atoms with Gasteiger partial charge in [-0.05, 0) is 266 Å². The van der Waals surface area contributed by atoms with Crippen molar-refractivity contribution in [3.8, 4) is 96.3 Å². The van der Waals surface area contributed by atoms with Crippen molar-refractivity contribution in [2.45, 2.75) is 90.9 Å². The summed E-state index contributed by atoms with van der Waals surface area (Å²) in [6.07, 6.45) is 2.56. The molecule has 4 saturated carbocycles.